The molecule has 0 saturated carbocycles. The van der Waals surface area contributed by atoms with Crippen LogP contribution >= 0.6 is 23.2 Å². The van der Waals surface area contributed by atoms with E-state index in [9.17, 15) is 9.59 Å². The first-order valence-corrected chi connectivity index (χ1v) is 10.3. The highest BCUT2D eigenvalue weighted by Gasteiger charge is 2.34. The summed E-state index contributed by atoms with van der Waals surface area (Å²) in [5.41, 5.74) is 14.9. The second-order valence-electron chi connectivity index (χ2n) is 6.74. The Hall–Kier alpha value is -2.19. The Bertz CT molecular complexity index is 946. The number of benzene rings is 1. The molecule has 30 heavy (non-hydrogen) atoms. The molecule has 0 fully saturated rings. The quantitative estimate of drug-likeness (QED) is 0.652. The maximum absolute atomic E-state index is 13.1. The van der Waals surface area contributed by atoms with Crippen LogP contribution < -0.4 is 11.5 Å². The van der Waals surface area contributed by atoms with Crippen molar-refractivity contribution in [1.29, 1.82) is 0 Å². The van der Waals surface area contributed by atoms with Crippen LogP contribution in [-0.2, 0) is 22.6 Å². The zero-order chi connectivity index (χ0) is 22.4. The Morgan fingerprint density at radius 3 is 2.53 bits per heavy atom. The monoisotopic (exact) mass is 452 g/mol. The number of nitrogens with two attached hydrogens (primary N) is 2. The maximum Gasteiger partial charge on any atom is 0.256 e. The van der Waals surface area contributed by atoms with Crippen molar-refractivity contribution in [2.24, 2.45) is 11.5 Å². The largest absolute Gasteiger partial charge is 0.380 e. The number of primary amides is 1. The van der Waals surface area contributed by atoms with E-state index in [1.165, 1.54) is 6.92 Å². The van der Waals surface area contributed by atoms with Gasteiger partial charge in [-0.05, 0) is 31.5 Å². The second kappa shape index (κ2) is 10.7. The van der Waals surface area contributed by atoms with Gasteiger partial charge in [0.2, 0.25) is 5.91 Å². The molecular weight excluding hydrogens is 427 g/mol. The van der Waals surface area contributed by atoms with Gasteiger partial charge < -0.3 is 21.1 Å². The van der Waals surface area contributed by atoms with Crippen LogP contribution in [0.3, 0.4) is 0 Å². The van der Waals surface area contributed by atoms with Crippen molar-refractivity contribution in [2.75, 3.05) is 19.8 Å². The maximum atomic E-state index is 13.1. The van der Waals surface area contributed by atoms with Crippen LogP contribution in [0.15, 0.2) is 18.2 Å². The van der Waals surface area contributed by atoms with Crippen LogP contribution in [0, 0.1) is 6.92 Å². The van der Waals surface area contributed by atoms with Gasteiger partial charge in [0.25, 0.3) is 5.91 Å². The topological polar surface area (TPSA) is 112 Å². The lowest BCUT2D eigenvalue weighted by atomic mass is 9.93. The molecule has 0 unspecified atom stereocenters. The summed E-state index contributed by atoms with van der Waals surface area (Å²) >= 11 is 12.5. The third-order valence-corrected chi connectivity index (χ3v) is 5.08. The van der Waals surface area contributed by atoms with E-state index in [0.29, 0.717) is 41.9 Å². The summed E-state index contributed by atoms with van der Waals surface area (Å²) in [6.45, 7) is 7.51. The predicted molar refractivity (Wildman–Crippen MR) is 118 cm³/mol. The van der Waals surface area contributed by atoms with Crippen molar-refractivity contribution >= 4 is 35.0 Å². The molecule has 0 atom stereocenters. The van der Waals surface area contributed by atoms with Crippen molar-refractivity contribution in [3.05, 3.63) is 50.8 Å². The standard InChI is InChI=1S/C19H21Cl2N3O2.C2H5NO/c1-3-26-7-6-24-10-16-18(19(24)25)17(14(9-22)11(2)23-16)13-5-4-12(20)8-15(13)21;1-2(3)4/h4-5,8H,3,6-7,9-10,22H2,1-2H3;1H3,(H2,3,4). The molecular formula is C21H26Cl2N4O3. The van der Waals surface area contributed by atoms with Crippen molar-refractivity contribution < 1.29 is 14.3 Å². The lowest BCUT2D eigenvalue weighted by Crippen LogP contribution is -2.28. The van der Waals surface area contributed by atoms with E-state index in [0.717, 1.165) is 28.1 Å². The predicted octanol–water partition coefficient (Wildman–Crippen LogP) is 3.31. The normalized spacial score (nSPS) is 12.5. The summed E-state index contributed by atoms with van der Waals surface area (Å²) in [5, 5.41) is 1.03. The number of ether oxygens (including phenoxy) is 1. The zero-order valence-corrected chi connectivity index (χ0v) is 18.8. The highest BCUT2D eigenvalue weighted by atomic mass is 35.5. The van der Waals surface area contributed by atoms with Gasteiger partial charge in [0.1, 0.15) is 0 Å². The third kappa shape index (κ3) is 5.49. The molecule has 3 rings (SSSR count). The van der Waals surface area contributed by atoms with E-state index >= 15 is 0 Å². The van der Waals surface area contributed by atoms with Gasteiger partial charge in [0.15, 0.2) is 0 Å². The summed E-state index contributed by atoms with van der Waals surface area (Å²) in [5.74, 6) is -0.400. The summed E-state index contributed by atoms with van der Waals surface area (Å²) in [6, 6.07) is 5.26. The fourth-order valence-corrected chi connectivity index (χ4v) is 3.80. The van der Waals surface area contributed by atoms with Crippen molar-refractivity contribution in [3.8, 4) is 11.1 Å². The summed E-state index contributed by atoms with van der Waals surface area (Å²) < 4.78 is 5.39. The second-order valence-corrected chi connectivity index (χ2v) is 7.58. The average Bonchev–Trinajstić information content (AvgIpc) is 2.96. The van der Waals surface area contributed by atoms with Crippen molar-refractivity contribution in [1.82, 2.24) is 9.88 Å². The Kier molecular flexibility index (Phi) is 8.61. The molecule has 1 aromatic carbocycles. The van der Waals surface area contributed by atoms with Crippen LogP contribution in [0.25, 0.3) is 11.1 Å². The van der Waals surface area contributed by atoms with Gasteiger partial charge >= 0.3 is 0 Å². The molecule has 0 aliphatic carbocycles. The number of hydrogen-bond acceptors (Lipinski definition) is 5. The molecule has 0 saturated heterocycles. The number of fused-ring (bicyclic) bond motifs is 1. The summed E-state index contributed by atoms with van der Waals surface area (Å²) in [7, 11) is 0. The Balaban J connectivity index is 0.000000735. The highest BCUT2D eigenvalue weighted by Crippen LogP contribution is 2.39. The van der Waals surface area contributed by atoms with Crippen LogP contribution in [0.4, 0.5) is 0 Å². The molecule has 9 heteroatoms. The molecule has 4 N–H and O–H groups in total. The Morgan fingerprint density at radius 1 is 1.30 bits per heavy atom. The Morgan fingerprint density at radius 2 is 1.97 bits per heavy atom. The van der Waals surface area contributed by atoms with Crippen LogP contribution in [0.2, 0.25) is 10.0 Å². The van der Waals surface area contributed by atoms with Crippen molar-refractivity contribution in [3.63, 3.8) is 0 Å². The minimum absolute atomic E-state index is 0.0667. The van der Waals surface area contributed by atoms with Crippen LogP contribution in [-0.4, -0.2) is 41.5 Å². The molecule has 0 bridgehead atoms. The number of aromatic nitrogens is 1. The van der Waals surface area contributed by atoms with E-state index in [1.54, 1.807) is 17.0 Å². The number of carbonyl (C=O) groups is 2. The number of amides is 2. The van der Waals surface area contributed by atoms with Gasteiger partial charge in [-0.2, -0.15) is 0 Å². The first kappa shape index (κ1) is 24.1. The molecule has 0 spiro atoms. The SMILES string of the molecule is CC(N)=O.CCOCCN1Cc2nc(C)c(CN)c(-c3ccc(Cl)cc3Cl)c2C1=O. The Labute approximate surface area is 186 Å². The van der Waals surface area contributed by atoms with Gasteiger partial charge in [-0.1, -0.05) is 29.3 Å². The first-order chi connectivity index (χ1) is 14.2. The molecule has 1 aliphatic heterocycles. The van der Waals surface area contributed by atoms with E-state index in [4.69, 9.17) is 33.7 Å². The number of carbonyl (C=O) groups excluding carboxylic acids is 2. The van der Waals surface area contributed by atoms with Crippen LogP contribution in [0.1, 0.15) is 41.2 Å². The van der Waals surface area contributed by atoms with Gasteiger partial charge in [-0.15, -0.1) is 0 Å². The molecule has 1 aromatic heterocycles. The molecule has 2 heterocycles. The number of aryl methyl sites for hydroxylation is 1. The van der Waals surface area contributed by atoms with Crippen LogP contribution in [0.5, 0.6) is 0 Å². The fourth-order valence-electron chi connectivity index (χ4n) is 3.30. The summed E-state index contributed by atoms with van der Waals surface area (Å²) in [4.78, 5) is 28.7. The number of rotatable bonds is 6. The molecule has 2 aromatic rings. The lowest BCUT2D eigenvalue weighted by Gasteiger charge is -2.17. The number of pyridine rings is 1. The number of nitrogens with zero attached hydrogens (tertiary/aromatic N) is 2. The summed E-state index contributed by atoms with van der Waals surface area (Å²) in [6.07, 6.45) is 0. The zero-order valence-electron chi connectivity index (χ0n) is 17.3. The van der Waals surface area contributed by atoms with E-state index in [-0.39, 0.29) is 18.4 Å². The molecule has 7 nitrogen and oxygen atoms in total. The minimum Gasteiger partial charge on any atom is -0.380 e. The van der Waals surface area contributed by atoms with Gasteiger partial charge in [-0.25, -0.2) is 0 Å². The van der Waals surface area contributed by atoms with Gasteiger partial charge in [-0.3, -0.25) is 14.6 Å². The van der Waals surface area contributed by atoms with E-state index < -0.39 is 0 Å². The molecule has 0 radical (unpaired) electrons. The molecule has 1 aliphatic rings. The third-order valence-electron chi connectivity index (χ3n) is 4.54. The molecule has 2 amide bonds. The molecule has 162 valence electrons. The highest BCUT2D eigenvalue weighted by molar-refractivity contribution is 6.36. The van der Waals surface area contributed by atoms with Crippen molar-refractivity contribution in [2.45, 2.75) is 33.9 Å². The number of hydrogen-bond donors (Lipinski definition) is 2. The first-order valence-electron chi connectivity index (χ1n) is 9.52. The fraction of sp³-hybridized carbons (Fsp3) is 0.381. The minimum atomic E-state index is -0.333. The van der Waals surface area contributed by atoms with Gasteiger partial charge in [0, 0.05) is 53.5 Å². The average molecular weight is 453 g/mol. The van der Waals surface area contributed by atoms with Gasteiger partial charge in [0.05, 0.1) is 24.4 Å². The van der Waals surface area contributed by atoms with E-state index in [1.807, 2.05) is 19.9 Å². The number of halogens is 2. The smallest absolute Gasteiger partial charge is 0.256 e. The lowest BCUT2D eigenvalue weighted by molar-refractivity contribution is -0.115. The van der Waals surface area contributed by atoms with E-state index in [2.05, 4.69) is 10.7 Å².